The molecule has 0 amide bonds. The zero-order chi connectivity index (χ0) is 9.53. The molecule has 0 unspecified atom stereocenters. The van der Waals surface area contributed by atoms with E-state index in [0.717, 1.165) is 5.69 Å². The van der Waals surface area contributed by atoms with Crippen LogP contribution in [0.4, 0.5) is 8.78 Å². The van der Waals surface area contributed by atoms with Gasteiger partial charge in [0.25, 0.3) is 0 Å². The highest BCUT2D eigenvalue weighted by atomic mass is 19.3. The van der Waals surface area contributed by atoms with Crippen molar-refractivity contribution in [2.45, 2.75) is 24.2 Å². The van der Waals surface area contributed by atoms with Crippen molar-refractivity contribution in [1.29, 1.82) is 0 Å². The Kier molecular flexibility index (Phi) is 1.70. The first kappa shape index (κ1) is 8.69. The van der Waals surface area contributed by atoms with Crippen molar-refractivity contribution in [3.63, 3.8) is 0 Å². The zero-order valence-electron chi connectivity index (χ0n) is 7.19. The third kappa shape index (κ3) is 1.25. The molecule has 0 spiro atoms. The summed E-state index contributed by atoms with van der Waals surface area (Å²) >= 11 is 0. The van der Waals surface area contributed by atoms with E-state index < -0.39 is 11.3 Å². The number of halogens is 2. The molecular weight excluding hydrogens is 174 g/mol. The number of rotatable bonds is 2. The lowest BCUT2D eigenvalue weighted by molar-refractivity contribution is -0.124. The highest BCUT2D eigenvalue weighted by Gasteiger charge is 2.57. The number of hydrogen-bond donors (Lipinski definition) is 2. The first-order valence-electron chi connectivity index (χ1n) is 4.30. The first-order valence-corrected chi connectivity index (χ1v) is 4.30. The fourth-order valence-corrected chi connectivity index (χ4v) is 2.04. The highest BCUT2D eigenvalue weighted by molar-refractivity contribution is 5.25. The molecule has 0 aliphatic heterocycles. The standard InChI is InChI=1S/C9H12F2N2/c10-9(11)4-8(5-9,6-12)7-2-1-3-13-7/h1-3,13H,4-6,12H2. The van der Waals surface area contributed by atoms with Crippen molar-refractivity contribution >= 4 is 0 Å². The lowest BCUT2D eigenvalue weighted by Crippen LogP contribution is -2.53. The van der Waals surface area contributed by atoms with Crippen LogP contribution in [0.1, 0.15) is 18.5 Å². The predicted molar refractivity (Wildman–Crippen MR) is 45.7 cm³/mol. The maximum absolute atomic E-state index is 12.7. The Labute approximate surface area is 75.1 Å². The molecule has 72 valence electrons. The fourth-order valence-electron chi connectivity index (χ4n) is 2.04. The average molecular weight is 186 g/mol. The molecule has 0 aromatic carbocycles. The van der Waals surface area contributed by atoms with Gasteiger partial charge in [0.1, 0.15) is 0 Å². The summed E-state index contributed by atoms with van der Waals surface area (Å²) in [7, 11) is 0. The molecule has 3 N–H and O–H groups in total. The minimum Gasteiger partial charge on any atom is -0.364 e. The van der Waals surface area contributed by atoms with Gasteiger partial charge in [-0.25, -0.2) is 8.78 Å². The van der Waals surface area contributed by atoms with Crippen LogP contribution in [0.2, 0.25) is 0 Å². The van der Waals surface area contributed by atoms with Crippen molar-refractivity contribution in [1.82, 2.24) is 4.98 Å². The minimum absolute atomic E-state index is 0.128. The van der Waals surface area contributed by atoms with Gasteiger partial charge in [-0.1, -0.05) is 0 Å². The van der Waals surface area contributed by atoms with E-state index in [2.05, 4.69) is 4.98 Å². The third-order valence-electron chi connectivity index (χ3n) is 2.75. The minimum atomic E-state index is -2.52. The van der Waals surface area contributed by atoms with E-state index in [1.165, 1.54) is 0 Å². The second-order valence-corrected chi connectivity index (χ2v) is 3.78. The molecule has 1 aromatic heterocycles. The molecule has 2 rings (SSSR count). The number of aromatic amines is 1. The van der Waals surface area contributed by atoms with Gasteiger partial charge in [-0.2, -0.15) is 0 Å². The van der Waals surface area contributed by atoms with Crippen LogP contribution in [0.5, 0.6) is 0 Å². The molecular formula is C9H12F2N2. The summed E-state index contributed by atoms with van der Waals surface area (Å²) in [6, 6.07) is 3.63. The Bertz CT molecular complexity index is 285. The second-order valence-electron chi connectivity index (χ2n) is 3.78. The molecule has 0 saturated heterocycles. The SMILES string of the molecule is NCC1(c2ccc[nH]2)CC(F)(F)C1. The Morgan fingerprint density at radius 1 is 1.46 bits per heavy atom. The normalized spacial score (nSPS) is 23.9. The number of H-pyrrole nitrogens is 1. The van der Waals surface area contributed by atoms with E-state index in [-0.39, 0.29) is 19.4 Å². The molecule has 0 radical (unpaired) electrons. The van der Waals surface area contributed by atoms with Gasteiger partial charge in [0, 0.05) is 36.7 Å². The van der Waals surface area contributed by atoms with Crippen LogP contribution >= 0.6 is 0 Å². The number of alkyl halides is 2. The van der Waals surface area contributed by atoms with E-state index in [1.807, 2.05) is 12.1 Å². The van der Waals surface area contributed by atoms with Gasteiger partial charge < -0.3 is 10.7 Å². The van der Waals surface area contributed by atoms with Crippen LogP contribution in [0.3, 0.4) is 0 Å². The number of hydrogen-bond acceptors (Lipinski definition) is 1. The van der Waals surface area contributed by atoms with Gasteiger partial charge >= 0.3 is 0 Å². The van der Waals surface area contributed by atoms with E-state index in [1.54, 1.807) is 6.20 Å². The van der Waals surface area contributed by atoms with Crippen LogP contribution in [-0.4, -0.2) is 17.5 Å². The van der Waals surface area contributed by atoms with Gasteiger partial charge in [0.2, 0.25) is 5.92 Å². The quantitative estimate of drug-likeness (QED) is 0.724. The van der Waals surface area contributed by atoms with Gasteiger partial charge in [-0.05, 0) is 12.1 Å². The Hall–Kier alpha value is -0.900. The number of nitrogens with two attached hydrogens (primary N) is 1. The predicted octanol–water partition coefficient (Wildman–Crippen LogP) is 1.64. The van der Waals surface area contributed by atoms with Crippen LogP contribution in [0.15, 0.2) is 18.3 Å². The molecule has 13 heavy (non-hydrogen) atoms. The summed E-state index contributed by atoms with van der Waals surface area (Å²) in [6.07, 6.45) is 1.48. The van der Waals surface area contributed by atoms with Crippen molar-refractivity contribution in [2.24, 2.45) is 5.73 Å². The van der Waals surface area contributed by atoms with Crippen LogP contribution < -0.4 is 5.73 Å². The van der Waals surface area contributed by atoms with E-state index in [4.69, 9.17) is 5.73 Å². The van der Waals surface area contributed by atoms with E-state index >= 15 is 0 Å². The van der Waals surface area contributed by atoms with Crippen molar-refractivity contribution in [3.8, 4) is 0 Å². The average Bonchev–Trinajstić information content (AvgIpc) is 2.51. The monoisotopic (exact) mass is 186 g/mol. The number of aromatic nitrogens is 1. The Morgan fingerprint density at radius 2 is 2.15 bits per heavy atom. The van der Waals surface area contributed by atoms with Crippen molar-refractivity contribution in [2.75, 3.05) is 6.54 Å². The molecule has 1 heterocycles. The van der Waals surface area contributed by atoms with Gasteiger partial charge in [-0.15, -0.1) is 0 Å². The third-order valence-corrected chi connectivity index (χ3v) is 2.75. The molecule has 1 aliphatic rings. The molecule has 1 aliphatic carbocycles. The summed E-state index contributed by atoms with van der Waals surface area (Å²) in [4.78, 5) is 2.96. The topological polar surface area (TPSA) is 41.8 Å². The maximum Gasteiger partial charge on any atom is 0.250 e. The largest absolute Gasteiger partial charge is 0.364 e. The lowest BCUT2D eigenvalue weighted by atomic mass is 9.64. The van der Waals surface area contributed by atoms with Crippen LogP contribution in [0.25, 0.3) is 0 Å². The van der Waals surface area contributed by atoms with Crippen molar-refractivity contribution < 1.29 is 8.78 Å². The second kappa shape index (κ2) is 2.54. The summed E-state index contributed by atoms with van der Waals surface area (Å²) in [6.45, 7) is 0.281. The van der Waals surface area contributed by atoms with E-state index in [9.17, 15) is 8.78 Å². The fraction of sp³-hybridized carbons (Fsp3) is 0.556. The Morgan fingerprint density at radius 3 is 2.54 bits per heavy atom. The van der Waals surface area contributed by atoms with Crippen LogP contribution in [-0.2, 0) is 5.41 Å². The first-order chi connectivity index (χ1) is 6.08. The summed E-state index contributed by atoms with van der Waals surface area (Å²) in [5.74, 6) is -2.52. The van der Waals surface area contributed by atoms with E-state index in [0.29, 0.717) is 0 Å². The summed E-state index contributed by atoms with van der Waals surface area (Å²) in [5.41, 5.74) is 5.86. The summed E-state index contributed by atoms with van der Waals surface area (Å²) < 4.78 is 25.5. The molecule has 4 heteroatoms. The molecule has 2 nitrogen and oxygen atoms in total. The molecule has 1 saturated carbocycles. The van der Waals surface area contributed by atoms with Gasteiger partial charge in [-0.3, -0.25) is 0 Å². The summed E-state index contributed by atoms with van der Waals surface area (Å²) in [5, 5.41) is 0. The Balaban J connectivity index is 2.21. The molecule has 0 bridgehead atoms. The maximum atomic E-state index is 12.7. The molecule has 1 aromatic rings. The lowest BCUT2D eigenvalue weighted by Gasteiger charge is -2.46. The molecule has 1 fully saturated rings. The molecule has 0 atom stereocenters. The van der Waals surface area contributed by atoms with Gasteiger partial charge in [0.15, 0.2) is 0 Å². The number of nitrogens with one attached hydrogen (secondary N) is 1. The highest BCUT2D eigenvalue weighted by Crippen LogP contribution is 2.52. The smallest absolute Gasteiger partial charge is 0.250 e. The zero-order valence-corrected chi connectivity index (χ0v) is 7.19. The van der Waals surface area contributed by atoms with Gasteiger partial charge in [0.05, 0.1) is 0 Å². The van der Waals surface area contributed by atoms with Crippen molar-refractivity contribution in [3.05, 3.63) is 24.0 Å². The van der Waals surface area contributed by atoms with Crippen LogP contribution in [0, 0.1) is 0 Å².